The molecule has 3 heteroatoms. The summed E-state index contributed by atoms with van der Waals surface area (Å²) in [6.07, 6.45) is 3.27. The first-order valence-electron chi connectivity index (χ1n) is 5.07. The van der Waals surface area contributed by atoms with E-state index < -0.39 is 0 Å². The van der Waals surface area contributed by atoms with Gasteiger partial charge in [0.25, 0.3) is 0 Å². The van der Waals surface area contributed by atoms with Crippen LogP contribution in [-0.2, 0) is 0 Å². The second-order valence-electron chi connectivity index (χ2n) is 3.38. The fraction of sp³-hybridized carbons (Fsp3) is 0. The maximum Gasteiger partial charge on any atom is 0.185 e. The van der Waals surface area contributed by atoms with Crippen molar-refractivity contribution in [2.45, 2.75) is 0 Å². The minimum atomic E-state index is -0.0301. The molecule has 0 radical (unpaired) electrons. The molecule has 0 fully saturated rings. The van der Waals surface area contributed by atoms with Crippen molar-refractivity contribution in [1.29, 1.82) is 5.26 Å². The zero-order valence-electron chi connectivity index (χ0n) is 8.96. The van der Waals surface area contributed by atoms with E-state index in [1.54, 1.807) is 24.3 Å². The van der Waals surface area contributed by atoms with Crippen LogP contribution in [0.5, 0.6) is 0 Å². The first kappa shape index (κ1) is 11.3. The smallest absolute Gasteiger partial charge is 0.185 e. The van der Waals surface area contributed by atoms with E-state index in [9.17, 15) is 4.79 Å². The Kier molecular flexibility index (Phi) is 3.49. The van der Waals surface area contributed by atoms with Crippen molar-refractivity contribution in [1.82, 2.24) is 0 Å². The summed E-state index contributed by atoms with van der Waals surface area (Å²) >= 11 is 1.37. The van der Waals surface area contributed by atoms with Crippen LogP contribution in [0.25, 0.3) is 6.08 Å². The normalized spacial score (nSPS) is 10.3. The number of carbonyl (C=O) groups excluding carboxylic acids is 1. The Labute approximate surface area is 103 Å². The molecule has 0 unspecified atom stereocenters. The summed E-state index contributed by atoms with van der Waals surface area (Å²) in [6.45, 7) is 0. The highest BCUT2D eigenvalue weighted by molar-refractivity contribution is 7.13. The molecule has 0 N–H and O–H groups in total. The number of hydrogen-bond acceptors (Lipinski definition) is 3. The average molecular weight is 239 g/mol. The number of rotatable bonds is 3. The number of ketones is 1. The van der Waals surface area contributed by atoms with Crippen molar-refractivity contribution in [3.05, 3.63) is 63.9 Å². The van der Waals surface area contributed by atoms with Crippen LogP contribution in [0.3, 0.4) is 0 Å². The predicted molar refractivity (Wildman–Crippen MR) is 68.8 cm³/mol. The molecule has 2 rings (SSSR count). The third-order valence-electron chi connectivity index (χ3n) is 2.19. The van der Waals surface area contributed by atoms with Crippen LogP contribution >= 0.6 is 11.3 Å². The molecule has 0 amide bonds. The van der Waals surface area contributed by atoms with Gasteiger partial charge >= 0.3 is 0 Å². The molecule has 0 bridgehead atoms. The molecule has 0 saturated carbocycles. The molecule has 0 spiro atoms. The summed E-state index contributed by atoms with van der Waals surface area (Å²) in [4.78, 5) is 13.3. The van der Waals surface area contributed by atoms with Gasteiger partial charge in [-0.2, -0.15) is 5.26 Å². The topological polar surface area (TPSA) is 40.9 Å². The molecule has 1 heterocycles. The van der Waals surface area contributed by atoms with Crippen LogP contribution in [0.15, 0.2) is 48.5 Å². The lowest BCUT2D eigenvalue weighted by Crippen LogP contribution is -1.92. The van der Waals surface area contributed by atoms with Crippen molar-refractivity contribution in [3.63, 3.8) is 0 Å². The molecule has 0 aliphatic carbocycles. The van der Waals surface area contributed by atoms with Gasteiger partial charge in [0.1, 0.15) is 10.9 Å². The maximum absolute atomic E-state index is 11.7. The maximum atomic E-state index is 11.7. The molecule has 1 aromatic heterocycles. The number of carbonyl (C=O) groups is 1. The van der Waals surface area contributed by atoms with Crippen LogP contribution in [0.4, 0.5) is 0 Å². The van der Waals surface area contributed by atoms with E-state index in [-0.39, 0.29) is 5.78 Å². The zero-order valence-corrected chi connectivity index (χ0v) is 9.78. The van der Waals surface area contributed by atoms with Crippen molar-refractivity contribution in [2.24, 2.45) is 0 Å². The van der Waals surface area contributed by atoms with Gasteiger partial charge in [-0.1, -0.05) is 30.3 Å². The van der Waals surface area contributed by atoms with E-state index in [2.05, 4.69) is 6.07 Å². The van der Waals surface area contributed by atoms with E-state index in [0.29, 0.717) is 10.4 Å². The Morgan fingerprint density at radius 1 is 1.18 bits per heavy atom. The summed E-state index contributed by atoms with van der Waals surface area (Å²) < 4.78 is 0. The number of allylic oxidation sites excluding steroid dienone is 1. The van der Waals surface area contributed by atoms with Gasteiger partial charge in [0.15, 0.2) is 5.78 Å². The highest BCUT2D eigenvalue weighted by atomic mass is 32.1. The minimum Gasteiger partial charge on any atom is -0.289 e. The third kappa shape index (κ3) is 2.90. The fourth-order valence-corrected chi connectivity index (χ4v) is 2.07. The summed E-state index contributed by atoms with van der Waals surface area (Å²) in [5.41, 5.74) is 0.667. The third-order valence-corrected chi connectivity index (χ3v) is 3.15. The lowest BCUT2D eigenvalue weighted by molar-refractivity contribution is 0.104. The monoisotopic (exact) mass is 239 g/mol. The van der Waals surface area contributed by atoms with Gasteiger partial charge in [0, 0.05) is 10.4 Å². The van der Waals surface area contributed by atoms with Crippen LogP contribution in [-0.4, -0.2) is 5.78 Å². The molecule has 0 atom stereocenters. The Hall–Kier alpha value is -2.18. The highest BCUT2D eigenvalue weighted by Gasteiger charge is 2.00. The SMILES string of the molecule is N#Cc1ccc(/C=C/C(=O)c2ccccc2)s1. The van der Waals surface area contributed by atoms with Crippen LogP contribution in [0.1, 0.15) is 20.1 Å². The minimum absolute atomic E-state index is 0.0301. The summed E-state index contributed by atoms with van der Waals surface area (Å²) in [7, 11) is 0. The molecule has 17 heavy (non-hydrogen) atoms. The second kappa shape index (κ2) is 5.24. The number of thiophene rings is 1. The average Bonchev–Trinajstić information content (AvgIpc) is 2.85. The number of benzene rings is 1. The fourth-order valence-electron chi connectivity index (χ4n) is 1.36. The van der Waals surface area contributed by atoms with Crippen LogP contribution in [0, 0.1) is 11.3 Å². The largest absolute Gasteiger partial charge is 0.289 e. The Balaban J connectivity index is 2.12. The molecule has 1 aromatic carbocycles. The number of nitriles is 1. The predicted octanol–water partition coefficient (Wildman–Crippen LogP) is 3.52. The van der Waals surface area contributed by atoms with Gasteiger partial charge in [-0.15, -0.1) is 11.3 Å². The van der Waals surface area contributed by atoms with E-state index in [1.165, 1.54) is 17.4 Å². The molecule has 2 nitrogen and oxygen atoms in total. The number of nitrogens with zero attached hydrogens (tertiary/aromatic N) is 1. The second-order valence-corrected chi connectivity index (χ2v) is 4.49. The zero-order chi connectivity index (χ0) is 12.1. The van der Waals surface area contributed by atoms with Gasteiger partial charge in [0.2, 0.25) is 0 Å². The van der Waals surface area contributed by atoms with Gasteiger partial charge in [-0.05, 0) is 24.3 Å². The van der Waals surface area contributed by atoms with Gasteiger partial charge in [-0.3, -0.25) is 4.79 Å². The van der Waals surface area contributed by atoms with E-state index in [1.807, 2.05) is 24.3 Å². The molecule has 82 valence electrons. The van der Waals surface area contributed by atoms with Gasteiger partial charge < -0.3 is 0 Å². The number of hydrogen-bond donors (Lipinski definition) is 0. The summed E-state index contributed by atoms with van der Waals surface area (Å²) in [6, 6.07) is 14.7. The first-order chi connectivity index (χ1) is 8.29. The van der Waals surface area contributed by atoms with E-state index in [4.69, 9.17) is 5.26 Å². The molecule has 0 saturated heterocycles. The van der Waals surface area contributed by atoms with Crippen molar-refractivity contribution < 1.29 is 4.79 Å². The summed E-state index contributed by atoms with van der Waals surface area (Å²) in [5.74, 6) is -0.0301. The summed E-state index contributed by atoms with van der Waals surface area (Å²) in [5, 5.41) is 8.68. The lowest BCUT2D eigenvalue weighted by atomic mass is 10.1. The highest BCUT2D eigenvalue weighted by Crippen LogP contribution is 2.17. The molecule has 0 aliphatic rings. The molecule has 2 aromatic rings. The standard InChI is InChI=1S/C14H9NOS/c15-10-13-7-6-12(17-13)8-9-14(16)11-4-2-1-3-5-11/h1-9H/b9-8+. The first-order valence-corrected chi connectivity index (χ1v) is 5.88. The molecule has 0 aliphatic heterocycles. The molecular formula is C14H9NOS. The van der Waals surface area contributed by atoms with E-state index >= 15 is 0 Å². The van der Waals surface area contributed by atoms with Crippen LogP contribution in [0.2, 0.25) is 0 Å². The van der Waals surface area contributed by atoms with Crippen molar-refractivity contribution in [2.75, 3.05) is 0 Å². The van der Waals surface area contributed by atoms with Gasteiger partial charge in [0.05, 0.1) is 0 Å². The van der Waals surface area contributed by atoms with Crippen LogP contribution < -0.4 is 0 Å². The van der Waals surface area contributed by atoms with E-state index in [0.717, 1.165) is 4.88 Å². The van der Waals surface area contributed by atoms with Gasteiger partial charge in [-0.25, -0.2) is 0 Å². The lowest BCUT2D eigenvalue weighted by Gasteiger charge is -1.92. The Bertz CT molecular complexity index is 590. The Morgan fingerprint density at radius 2 is 1.94 bits per heavy atom. The van der Waals surface area contributed by atoms with Crippen molar-refractivity contribution >= 4 is 23.2 Å². The Morgan fingerprint density at radius 3 is 2.59 bits per heavy atom. The quantitative estimate of drug-likeness (QED) is 0.607. The molecular weight excluding hydrogens is 230 g/mol. The van der Waals surface area contributed by atoms with Crippen molar-refractivity contribution in [3.8, 4) is 6.07 Å².